The van der Waals surface area contributed by atoms with E-state index in [2.05, 4.69) is 38.2 Å². The zero-order chi connectivity index (χ0) is 19.3. The highest BCUT2D eigenvalue weighted by molar-refractivity contribution is 5.78. The van der Waals surface area contributed by atoms with E-state index in [0.717, 1.165) is 22.5 Å². The van der Waals surface area contributed by atoms with Gasteiger partial charge < -0.3 is 14.5 Å². The van der Waals surface area contributed by atoms with Gasteiger partial charge in [0.2, 0.25) is 5.91 Å². The van der Waals surface area contributed by atoms with Crippen LogP contribution in [0.5, 0.6) is 5.75 Å². The second-order valence-electron chi connectivity index (χ2n) is 7.75. The van der Waals surface area contributed by atoms with Gasteiger partial charge in [0.1, 0.15) is 17.1 Å². The Balaban J connectivity index is 1.37. The van der Waals surface area contributed by atoms with Crippen molar-refractivity contribution in [3.8, 4) is 5.75 Å². The Morgan fingerprint density at radius 2 is 1.81 bits per heavy atom. The van der Waals surface area contributed by atoms with Gasteiger partial charge in [-0.3, -0.25) is 4.79 Å². The Morgan fingerprint density at radius 3 is 2.52 bits per heavy atom. The average Bonchev–Trinajstić information content (AvgIpc) is 3.06. The summed E-state index contributed by atoms with van der Waals surface area (Å²) in [4.78, 5) is 12.0. The Hall–Kier alpha value is -2.75. The molecule has 27 heavy (non-hydrogen) atoms. The molecule has 1 N–H and O–H groups in total. The van der Waals surface area contributed by atoms with Crippen molar-refractivity contribution in [3.05, 3.63) is 65.9 Å². The molecule has 0 spiro atoms. The molecule has 0 radical (unpaired) electrons. The van der Waals surface area contributed by atoms with Crippen LogP contribution in [0.25, 0.3) is 11.0 Å². The smallest absolute Gasteiger partial charge is 0.220 e. The molecule has 4 nitrogen and oxygen atoms in total. The lowest BCUT2D eigenvalue weighted by molar-refractivity contribution is -0.121. The summed E-state index contributed by atoms with van der Waals surface area (Å²) in [6.07, 6.45) is 1.10. The van der Waals surface area contributed by atoms with Crippen molar-refractivity contribution in [2.24, 2.45) is 0 Å². The first kappa shape index (κ1) is 19.0. The number of carbonyl (C=O) groups excluding carboxylic acids is 1. The number of carbonyl (C=O) groups is 1. The Morgan fingerprint density at radius 1 is 1.07 bits per heavy atom. The number of benzene rings is 2. The third kappa shape index (κ3) is 5.36. The van der Waals surface area contributed by atoms with Crippen LogP contribution < -0.4 is 10.1 Å². The molecule has 3 aromatic rings. The number of fused-ring (bicyclic) bond motifs is 1. The van der Waals surface area contributed by atoms with E-state index in [0.29, 0.717) is 26.0 Å². The first-order valence-corrected chi connectivity index (χ1v) is 9.39. The summed E-state index contributed by atoms with van der Waals surface area (Å²) in [7, 11) is 0. The normalized spacial score (nSPS) is 11.5. The third-order valence-corrected chi connectivity index (χ3v) is 4.47. The number of nitrogens with one attached hydrogen (secondary N) is 1. The van der Waals surface area contributed by atoms with Crippen molar-refractivity contribution < 1.29 is 13.9 Å². The lowest BCUT2D eigenvalue weighted by Gasteiger charge is -2.19. The van der Waals surface area contributed by atoms with Crippen LogP contribution in [-0.2, 0) is 16.8 Å². The van der Waals surface area contributed by atoms with Crippen molar-refractivity contribution in [1.82, 2.24) is 5.32 Å². The topological polar surface area (TPSA) is 51.5 Å². The maximum atomic E-state index is 12.0. The van der Waals surface area contributed by atoms with Gasteiger partial charge in [0, 0.05) is 11.8 Å². The fraction of sp³-hybridized carbons (Fsp3) is 0.348. The molecule has 1 aromatic heterocycles. The summed E-state index contributed by atoms with van der Waals surface area (Å²) in [5, 5.41) is 3.94. The lowest BCUT2D eigenvalue weighted by Crippen LogP contribution is -2.22. The van der Waals surface area contributed by atoms with Crippen molar-refractivity contribution in [1.29, 1.82) is 0 Å². The van der Waals surface area contributed by atoms with Gasteiger partial charge in [-0.05, 0) is 41.7 Å². The maximum absolute atomic E-state index is 12.0. The van der Waals surface area contributed by atoms with E-state index in [-0.39, 0.29) is 11.3 Å². The Kier molecular flexibility index (Phi) is 5.84. The van der Waals surface area contributed by atoms with Crippen LogP contribution in [0.1, 0.15) is 44.9 Å². The standard InChI is InChI=1S/C23H27NO3/c1-23(2,3)18-10-12-19(13-11-18)26-14-6-9-22(25)24-16-20-15-17-7-4-5-8-21(17)27-20/h4-5,7-8,10-13,15H,6,9,14,16H2,1-3H3,(H,24,25). The molecule has 0 saturated heterocycles. The van der Waals surface area contributed by atoms with Crippen LogP contribution in [0.3, 0.4) is 0 Å². The van der Waals surface area contributed by atoms with Gasteiger partial charge in [-0.1, -0.05) is 51.1 Å². The summed E-state index contributed by atoms with van der Waals surface area (Å²) < 4.78 is 11.4. The van der Waals surface area contributed by atoms with Gasteiger partial charge in [0.25, 0.3) is 0 Å². The molecule has 0 aliphatic rings. The quantitative estimate of drug-likeness (QED) is 0.585. The molecule has 142 valence electrons. The van der Waals surface area contributed by atoms with E-state index < -0.39 is 0 Å². The van der Waals surface area contributed by atoms with Crippen LogP contribution in [0, 0.1) is 0 Å². The predicted octanol–water partition coefficient (Wildman–Crippen LogP) is 5.21. The second-order valence-corrected chi connectivity index (χ2v) is 7.75. The molecule has 1 amide bonds. The fourth-order valence-electron chi connectivity index (χ4n) is 2.87. The molecule has 1 heterocycles. The number of hydrogen-bond donors (Lipinski definition) is 1. The van der Waals surface area contributed by atoms with Crippen LogP contribution in [0.4, 0.5) is 0 Å². The monoisotopic (exact) mass is 365 g/mol. The zero-order valence-electron chi connectivity index (χ0n) is 16.2. The van der Waals surface area contributed by atoms with E-state index in [1.54, 1.807) is 0 Å². The largest absolute Gasteiger partial charge is 0.494 e. The molecule has 4 heteroatoms. The first-order chi connectivity index (χ1) is 12.9. The average molecular weight is 365 g/mol. The molecule has 0 fully saturated rings. The van der Waals surface area contributed by atoms with Crippen molar-refractivity contribution >= 4 is 16.9 Å². The number of rotatable bonds is 7. The summed E-state index contributed by atoms with van der Waals surface area (Å²) in [6, 6.07) is 17.9. The molecular weight excluding hydrogens is 338 g/mol. The number of para-hydroxylation sites is 1. The van der Waals surface area contributed by atoms with Gasteiger partial charge >= 0.3 is 0 Å². The van der Waals surface area contributed by atoms with Gasteiger partial charge in [-0.2, -0.15) is 0 Å². The van der Waals surface area contributed by atoms with Crippen LogP contribution in [0.15, 0.2) is 59.0 Å². The molecule has 0 bridgehead atoms. The number of amides is 1. The van der Waals surface area contributed by atoms with Gasteiger partial charge in [-0.25, -0.2) is 0 Å². The molecule has 0 aliphatic carbocycles. The summed E-state index contributed by atoms with van der Waals surface area (Å²) in [5.41, 5.74) is 2.25. The molecular formula is C23H27NO3. The van der Waals surface area contributed by atoms with Gasteiger partial charge in [0.15, 0.2) is 0 Å². The highest BCUT2D eigenvalue weighted by Gasteiger charge is 2.13. The minimum absolute atomic E-state index is 0.00198. The van der Waals surface area contributed by atoms with Gasteiger partial charge in [0.05, 0.1) is 13.2 Å². The van der Waals surface area contributed by atoms with Crippen LogP contribution >= 0.6 is 0 Å². The molecule has 0 unspecified atom stereocenters. The highest BCUT2D eigenvalue weighted by atomic mass is 16.5. The number of furan rings is 1. The second kappa shape index (κ2) is 8.30. The minimum Gasteiger partial charge on any atom is -0.494 e. The molecule has 2 aromatic carbocycles. The molecule has 3 rings (SSSR count). The summed E-state index contributed by atoms with van der Waals surface area (Å²) in [6.45, 7) is 7.49. The molecule has 0 saturated carbocycles. The Bertz CT molecular complexity index is 855. The highest BCUT2D eigenvalue weighted by Crippen LogP contribution is 2.24. The fourth-order valence-corrected chi connectivity index (χ4v) is 2.87. The minimum atomic E-state index is 0.00198. The van der Waals surface area contributed by atoms with E-state index in [1.165, 1.54) is 5.56 Å². The van der Waals surface area contributed by atoms with Crippen LogP contribution in [-0.4, -0.2) is 12.5 Å². The number of hydrogen-bond acceptors (Lipinski definition) is 3. The van der Waals surface area contributed by atoms with E-state index in [1.807, 2.05) is 42.5 Å². The zero-order valence-corrected chi connectivity index (χ0v) is 16.2. The summed E-state index contributed by atoms with van der Waals surface area (Å²) >= 11 is 0. The van der Waals surface area contributed by atoms with E-state index in [9.17, 15) is 4.79 Å². The van der Waals surface area contributed by atoms with E-state index in [4.69, 9.17) is 9.15 Å². The van der Waals surface area contributed by atoms with Crippen molar-refractivity contribution in [2.75, 3.05) is 6.61 Å². The summed E-state index contributed by atoms with van der Waals surface area (Å²) in [5.74, 6) is 1.60. The SMILES string of the molecule is CC(C)(C)c1ccc(OCCCC(=O)NCc2cc3ccccc3o2)cc1. The van der Waals surface area contributed by atoms with Gasteiger partial charge in [-0.15, -0.1) is 0 Å². The van der Waals surface area contributed by atoms with Crippen molar-refractivity contribution in [3.63, 3.8) is 0 Å². The maximum Gasteiger partial charge on any atom is 0.220 e. The Labute approximate surface area is 160 Å². The number of ether oxygens (including phenoxy) is 1. The van der Waals surface area contributed by atoms with E-state index >= 15 is 0 Å². The third-order valence-electron chi connectivity index (χ3n) is 4.47. The lowest BCUT2D eigenvalue weighted by atomic mass is 9.87. The molecule has 0 aliphatic heterocycles. The van der Waals surface area contributed by atoms with Crippen LogP contribution in [0.2, 0.25) is 0 Å². The first-order valence-electron chi connectivity index (χ1n) is 9.39. The molecule has 0 atom stereocenters. The van der Waals surface area contributed by atoms with Crippen molar-refractivity contribution in [2.45, 2.75) is 45.6 Å². The predicted molar refractivity (Wildman–Crippen MR) is 108 cm³/mol.